The maximum atomic E-state index is 14.6. The van der Waals surface area contributed by atoms with Gasteiger partial charge in [0, 0.05) is 19.6 Å². The van der Waals surface area contributed by atoms with Gasteiger partial charge in [0.2, 0.25) is 5.91 Å². The van der Waals surface area contributed by atoms with E-state index in [2.05, 4.69) is 24.5 Å². The highest BCUT2D eigenvalue weighted by Gasteiger charge is 2.70. The Balaban J connectivity index is 1.59. The normalized spacial score (nSPS) is 27.6. The third kappa shape index (κ3) is 7.07. The fourth-order valence-corrected chi connectivity index (χ4v) is 7.74. The number of methoxy groups -OCH3 is 1. The quantitative estimate of drug-likeness (QED) is 0.224. The van der Waals surface area contributed by atoms with Crippen molar-refractivity contribution in [1.82, 2.24) is 15.5 Å². The van der Waals surface area contributed by atoms with Gasteiger partial charge in [-0.25, -0.2) is 9.59 Å². The average molecular weight is 619 g/mol. The van der Waals surface area contributed by atoms with Crippen LogP contribution in [-0.2, 0) is 28.7 Å². The fourth-order valence-electron chi connectivity index (χ4n) is 7.74. The maximum Gasteiger partial charge on any atom is 0.329 e. The van der Waals surface area contributed by atoms with E-state index in [0.29, 0.717) is 13.2 Å². The number of ketones is 1. The summed E-state index contributed by atoms with van der Waals surface area (Å²) in [4.78, 5) is 68.0. The molecular weight excluding hydrogens is 564 g/mol. The third-order valence-electron chi connectivity index (χ3n) is 11.2. The number of amides is 4. The number of urea groups is 1. The van der Waals surface area contributed by atoms with Crippen molar-refractivity contribution in [2.75, 3.05) is 20.3 Å². The van der Waals surface area contributed by atoms with Gasteiger partial charge in [0.1, 0.15) is 12.1 Å². The van der Waals surface area contributed by atoms with Crippen LogP contribution in [0.4, 0.5) is 4.79 Å². The lowest BCUT2D eigenvalue weighted by Gasteiger charge is -2.43. The van der Waals surface area contributed by atoms with Crippen LogP contribution in [0.2, 0.25) is 0 Å². The van der Waals surface area contributed by atoms with Gasteiger partial charge in [0.15, 0.2) is 6.10 Å². The molecule has 3 saturated carbocycles. The number of piperidine rings is 1. The number of carbonyl (C=O) groups is 5. The molecule has 4 fully saturated rings. The third-order valence-corrected chi connectivity index (χ3v) is 11.2. The predicted molar refractivity (Wildman–Crippen MR) is 164 cm³/mol. The highest BCUT2D eigenvalue weighted by molar-refractivity contribution is 6.37. The van der Waals surface area contributed by atoms with Gasteiger partial charge in [0.05, 0.1) is 12.6 Å². The van der Waals surface area contributed by atoms with Gasteiger partial charge in [-0.2, -0.15) is 0 Å². The lowest BCUT2D eigenvalue weighted by atomic mass is 9.70. The van der Waals surface area contributed by atoms with E-state index >= 15 is 0 Å². The van der Waals surface area contributed by atoms with Gasteiger partial charge in [-0.05, 0) is 47.3 Å². The van der Waals surface area contributed by atoms with Crippen LogP contribution in [0, 0.1) is 34.0 Å². The van der Waals surface area contributed by atoms with E-state index < -0.39 is 47.3 Å². The minimum absolute atomic E-state index is 0.0848. The van der Waals surface area contributed by atoms with Crippen molar-refractivity contribution in [3.05, 3.63) is 0 Å². The molecular formula is C33H54N4O7. The van der Waals surface area contributed by atoms with Gasteiger partial charge in [-0.3, -0.25) is 14.4 Å². The number of primary amides is 1. The zero-order chi connectivity index (χ0) is 32.6. The summed E-state index contributed by atoms with van der Waals surface area (Å²) in [6.45, 7) is 12.9. The van der Waals surface area contributed by atoms with Gasteiger partial charge < -0.3 is 30.7 Å². The van der Waals surface area contributed by atoms with E-state index in [1.807, 2.05) is 27.7 Å². The summed E-state index contributed by atoms with van der Waals surface area (Å²) < 4.78 is 11.1. The number of esters is 1. The Morgan fingerprint density at radius 3 is 2.14 bits per heavy atom. The van der Waals surface area contributed by atoms with Crippen molar-refractivity contribution >= 4 is 29.6 Å². The van der Waals surface area contributed by atoms with Crippen molar-refractivity contribution in [2.24, 2.45) is 39.7 Å². The van der Waals surface area contributed by atoms with E-state index in [0.717, 1.165) is 51.4 Å². The summed E-state index contributed by atoms with van der Waals surface area (Å²) in [5, 5.41) is 6.04. The largest absolute Gasteiger partial charge is 0.452 e. The first-order valence-electron chi connectivity index (χ1n) is 16.4. The number of hydrogen-bond acceptors (Lipinski definition) is 7. The molecule has 0 aromatic heterocycles. The van der Waals surface area contributed by atoms with Crippen LogP contribution in [0.25, 0.3) is 0 Å². The molecule has 1 aliphatic heterocycles. The number of nitrogens with two attached hydrogens (primary N) is 1. The summed E-state index contributed by atoms with van der Waals surface area (Å²) in [7, 11) is 1.58. The molecule has 0 spiro atoms. The molecule has 0 aromatic carbocycles. The van der Waals surface area contributed by atoms with Crippen LogP contribution in [-0.4, -0.2) is 79.0 Å². The number of nitrogens with one attached hydrogen (secondary N) is 2. The summed E-state index contributed by atoms with van der Waals surface area (Å²) in [6, 6.07) is -2.52. The van der Waals surface area contributed by atoms with E-state index in [4.69, 9.17) is 15.2 Å². The maximum absolute atomic E-state index is 14.6. The number of ether oxygens (including phenoxy) is 2. The van der Waals surface area contributed by atoms with Crippen molar-refractivity contribution in [1.29, 1.82) is 0 Å². The second-order valence-corrected chi connectivity index (χ2v) is 15.7. The molecule has 4 rings (SSSR count). The first-order chi connectivity index (χ1) is 20.5. The lowest BCUT2D eigenvalue weighted by molar-refractivity contribution is -0.166. The summed E-state index contributed by atoms with van der Waals surface area (Å²) in [5.74, 6) is -2.91. The summed E-state index contributed by atoms with van der Waals surface area (Å²) in [6.07, 6.45) is 6.32. The van der Waals surface area contributed by atoms with Crippen LogP contribution < -0.4 is 16.4 Å². The number of Topliss-reactive ketones (excluding diaryl/α,β-unsaturated/α-hetero) is 1. The van der Waals surface area contributed by atoms with Gasteiger partial charge >= 0.3 is 12.0 Å². The summed E-state index contributed by atoms with van der Waals surface area (Å²) >= 11 is 0. The highest BCUT2D eigenvalue weighted by atomic mass is 16.5. The smallest absolute Gasteiger partial charge is 0.329 e. The molecule has 4 N–H and O–H groups in total. The topological polar surface area (TPSA) is 157 Å². The molecule has 248 valence electrons. The molecule has 11 heteroatoms. The van der Waals surface area contributed by atoms with E-state index in [1.54, 1.807) is 12.0 Å². The van der Waals surface area contributed by atoms with Crippen LogP contribution in [0.15, 0.2) is 0 Å². The predicted octanol–water partition coefficient (Wildman–Crippen LogP) is 3.33. The number of rotatable bonds is 12. The van der Waals surface area contributed by atoms with Gasteiger partial charge in [-0.15, -0.1) is 0 Å². The molecule has 44 heavy (non-hydrogen) atoms. The molecule has 3 aliphatic carbocycles. The average Bonchev–Trinajstić information content (AvgIpc) is 3.24. The Labute approximate surface area is 262 Å². The number of fused-ring (bicyclic) bond motifs is 1. The molecule has 4 aliphatic rings. The molecule has 11 nitrogen and oxygen atoms in total. The molecule has 1 saturated heterocycles. The molecule has 1 heterocycles. The second kappa shape index (κ2) is 13.0. The number of likely N-dealkylation sites (tertiary alicyclic amines) is 1. The molecule has 6 atom stereocenters. The lowest BCUT2D eigenvalue weighted by Crippen LogP contribution is -2.62. The van der Waals surface area contributed by atoms with E-state index in [1.165, 1.54) is 0 Å². The van der Waals surface area contributed by atoms with Gasteiger partial charge in [0.25, 0.3) is 11.7 Å². The summed E-state index contributed by atoms with van der Waals surface area (Å²) in [5.41, 5.74) is 4.35. The Morgan fingerprint density at radius 2 is 1.61 bits per heavy atom. The van der Waals surface area contributed by atoms with Crippen LogP contribution >= 0.6 is 0 Å². The van der Waals surface area contributed by atoms with Crippen LogP contribution in [0.1, 0.15) is 99.3 Å². The van der Waals surface area contributed by atoms with Crippen molar-refractivity contribution in [2.45, 2.75) is 124 Å². The first kappa shape index (κ1) is 34.2. The second-order valence-electron chi connectivity index (χ2n) is 15.7. The monoisotopic (exact) mass is 618 g/mol. The molecule has 0 bridgehead atoms. The van der Waals surface area contributed by atoms with Gasteiger partial charge in [-0.1, -0.05) is 80.1 Å². The fraction of sp³-hybridized carbons (Fsp3) is 0.848. The Morgan fingerprint density at radius 1 is 0.977 bits per heavy atom. The minimum atomic E-state index is -1.26. The van der Waals surface area contributed by atoms with E-state index in [9.17, 15) is 24.0 Å². The van der Waals surface area contributed by atoms with Crippen LogP contribution in [0.5, 0.6) is 0 Å². The standard InChI is InChI=1S/C33H54N4O7/c1-31(2,3)22(18-43-7)35-30(42)36-26(33(6)14-9-8-10-15-33)28(40)37-17-20-23(32(20,4)5)24(37)29(41)44-21(25(38)27(34)39)16-19-12-11-13-19/h19-24,26H,8-18H2,1-7H3,(H2,34,39)(H2,35,36,42)/t20-,21?,22+,23-,24-,26+/m0/s1. The zero-order valence-electron chi connectivity index (χ0n) is 27.7. The number of hydrogen-bond donors (Lipinski definition) is 3. The van der Waals surface area contributed by atoms with Crippen molar-refractivity contribution in [3.63, 3.8) is 0 Å². The number of nitrogens with zero attached hydrogens (tertiary/aromatic N) is 1. The molecule has 0 radical (unpaired) electrons. The molecule has 0 aromatic rings. The number of carbonyl (C=O) groups excluding carboxylic acids is 5. The zero-order valence-corrected chi connectivity index (χ0v) is 27.7. The molecule has 4 amide bonds. The minimum Gasteiger partial charge on any atom is -0.452 e. The van der Waals surface area contributed by atoms with Crippen molar-refractivity contribution in [3.8, 4) is 0 Å². The van der Waals surface area contributed by atoms with Crippen molar-refractivity contribution < 1.29 is 33.4 Å². The Hall–Kier alpha value is -2.69. The molecule has 1 unspecified atom stereocenters. The SMILES string of the molecule is COC[C@@H](NC(=O)N[C@H](C(=O)N1C[C@H]2[C@@H]([C@H]1C(=O)OC(CC1CCC1)C(=O)C(N)=O)C2(C)C)C1(C)CCCCC1)C(C)(C)C. The Bertz CT molecular complexity index is 1120. The Kier molecular flexibility index (Phi) is 10.1. The highest BCUT2D eigenvalue weighted by Crippen LogP contribution is 2.65. The van der Waals surface area contributed by atoms with E-state index in [-0.39, 0.29) is 47.0 Å². The van der Waals surface area contributed by atoms with Crippen LogP contribution in [0.3, 0.4) is 0 Å². The first-order valence-corrected chi connectivity index (χ1v) is 16.4.